The van der Waals surface area contributed by atoms with E-state index in [2.05, 4.69) is 32.2 Å². The zero-order chi connectivity index (χ0) is 27.8. The normalized spacial score (nSPS) is 14.0. The number of nitrogens with one attached hydrogen (secondary N) is 2. The van der Waals surface area contributed by atoms with Crippen LogP contribution in [0.1, 0.15) is 61.5 Å². The first-order valence-corrected chi connectivity index (χ1v) is 13.8. The highest BCUT2D eigenvalue weighted by Crippen LogP contribution is 2.31. The number of pyridine rings is 1. The fraction of sp³-hybridized carbons (Fsp3) is 0.290. The lowest BCUT2D eigenvalue weighted by Crippen LogP contribution is -2.26. The van der Waals surface area contributed by atoms with E-state index in [1.54, 1.807) is 16.6 Å². The lowest BCUT2D eigenvalue weighted by Gasteiger charge is -2.14. The van der Waals surface area contributed by atoms with Gasteiger partial charge < -0.3 is 9.88 Å². The van der Waals surface area contributed by atoms with E-state index in [0.29, 0.717) is 22.7 Å². The highest BCUT2D eigenvalue weighted by Gasteiger charge is 2.30. The number of fused-ring (bicyclic) bond motifs is 2. The van der Waals surface area contributed by atoms with Crippen molar-refractivity contribution >= 4 is 34.3 Å². The zero-order valence-corrected chi connectivity index (χ0v) is 22.5. The van der Waals surface area contributed by atoms with Gasteiger partial charge in [0.2, 0.25) is 11.9 Å². The van der Waals surface area contributed by atoms with Gasteiger partial charge in [0, 0.05) is 35.8 Å². The third-order valence-electron chi connectivity index (χ3n) is 7.43. The Morgan fingerprint density at radius 3 is 2.70 bits per heavy atom. The molecule has 0 aliphatic heterocycles. The molecule has 0 bridgehead atoms. The highest BCUT2D eigenvalue weighted by atomic mass is 19.1. The number of halogens is 1. The van der Waals surface area contributed by atoms with E-state index in [1.807, 2.05) is 49.6 Å². The van der Waals surface area contributed by atoms with Gasteiger partial charge in [0.15, 0.2) is 5.65 Å². The van der Waals surface area contributed by atoms with Gasteiger partial charge in [0.1, 0.15) is 5.82 Å². The Morgan fingerprint density at radius 1 is 1.10 bits per heavy atom. The molecule has 6 rings (SSSR count). The number of benzene rings is 2. The molecule has 1 saturated carbocycles. The molecule has 1 aliphatic rings. The van der Waals surface area contributed by atoms with Gasteiger partial charge in [-0.25, -0.2) is 8.91 Å². The van der Waals surface area contributed by atoms with Crippen molar-refractivity contribution in [1.29, 1.82) is 0 Å². The molecule has 8 nitrogen and oxygen atoms in total. The fourth-order valence-electron chi connectivity index (χ4n) is 4.98. The molecule has 204 valence electrons. The summed E-state index contributed by atoms with van der Waals surface area (Å²) < 4.78 is 17.5. The first kappa shape index (κ1) is 25.7. The molecule has 0 saturated heterocycles. The van der Waals surface area contributed by atoms with E-state index in [4.69, 9.17) is 0 Å². The second kappa shape index (κ2) is 10.6. The number of hydrogen-bond acceptors (Lipinski definition) is 4. The zero-order valence-electron chi connectivity index (χ0n) is 22.5. The van der Waals surface area contributed by atoms with E-state index >= 15 is 0 Å². The first-order valence-electron chi connectivity index (χ1n) is 13.8. The average molecular weight is 539 g/mol. The van der Waals surface area contributed by atoms with Gasteiger partial charge in [-0.2, -0.15) is 4.98 Å². The van der Waals surface area contributed by atoms with Crippen molar-refractivity contribution in [1.82, 2.24) is 24.5 Å². The molecule has 9 heteroatoms. The third-order valence-corrected chi connectivity index (χ3v) is 7.43. The van der Waals surface area contributed by atoms with Crippen LogP contribution in [-0.2, 0) is 11.3 Å². The smallest absolute Gasteiger partial charge is 0.253 e. The molecule has 2 N–H and O–H groups in total. The highest BCUT2D eigenvalue weighted by molar-refractivity contribution is 6.08. The lowest BCUT2D eigenvalue weighted by atomic mass is 10.0. The second-order valence-electron chi connectivity index (χ2n) is 10.5. The largest absolute Gasteiger partial charge is 0.347 e. The number of carbonyl (C=O) groups is 2. The fourth-order valence-corrected chi connectivity index (χ4v) is 4.98. The Labute approximate surface area is 231 Å². The predicted molar refractivity (Wildman–Crippen MR) is 152 cm³/mol. The molecule has 0 radical (unpaired) electrons. The third kappa shape index (κ3) is 5.19. The predicted octanol–water partition coefficient (Wildman–Crippen LogP) is 6.13. The summed E-state index contributed by atoms with van der Waals surface area (Å²) in [7, 11) is 0. The van der Waals surface area contributed by atoms with Gasteiger partial charge in [-0.1, -0.05) is 31.5 Å². The van der Waals surface area contributed by atoms with Crippen LogP contribution in [0.25, 0.3) is 27.7 Å². The molecular formula is C31H31FN6O2. The molecule has 3 aromatic heterocycles. The molecule has 1 fully saturated rings. The molecule has 2 amide bonds. The van der Waals surface area contributed by atoms with E-state index in [1.165, 1.54) is 12.1 Å². The summed E-state index contributed by atoms with van der Waals surface area (Å²) in [4.78, 5) is 30.1. The number of hydrogen-bond donors (Lipinski definition) is 2. The maximum atomic E-state index is 13.8. The van der Waals surface area contributed by atoms with E-state index in [0.717, 1.165) is 54.3 Å². The Morgan fingerprint density at radius 2 is 1.93 bits per heavy atom. The number of nitrogens with zero attached hydrogens (tertiary/aromatic N) is 4. The molecular weight excluding hydrogens is 507 g/mol. The molecule has 2 aromatic carbocycles. The van der Waals surface area contributed by atoms with E-state index in [-0.39, 0.29) is 29.6 Å². The minimum absolute atomic E-state index is 0.0355. The SMILES string of the molecule is CCCCn1cc(C(=O)NC(C)c2cccc(F)c2)c2cc(-c3ccn4nc(NC(=O)C5CC5)nc4c3)ccc21. The van der Waals surface area contributed by atoms with Gasteiger partial charge >= 0.3 is 0 Å². The summed E-state index contributed by atoms with van der Waals surface area (Å²) in [6.07, 6.45) is 7.59. The van der Waals surface area contributed by atoms with Gasteiger partial charge in [0.05, 0.1) is 11.6 Å². The first-order chi connectivity index (χ1) is 19.4. The summed E-state index contributed by atoms with van der Waals surface area (Å²) in [5.74, 6) is -0.211. The van der Waals surface area contributed by atoms with Gasteiger partial charge in [-0.05, 0) is 79.3 Å². The van der Waals surface area contributed by atoms with Gasteiger partial charge in [-0.15, -0.1) is 5.10 Å². The Kier molecular flexibility index (Phi) is 6.79. The Hall–Kier alpha value is -4.53. The van der Waals surface area contributed by atoms with Crippen molar-refractivity contribution in [3.05, 3.63) is 83.9 Å². The van der Waals surface area contributed by atoms with Crippen LogP contribution in [0.4, 0.5) is 10.3 Å². The van der Waals surface area contributed by atoms with Crippen molar-refractivity contribution in [3.8, 4) is 11.1 Å². The summed E-state index contributed by atoms with van der Waals surface area (Å²) in [6.45, 7) is 4.80. The summed E-state index contributed by atoms with van der Waals surface area (Å²) in [5.41, 5.74) is 4.73. The summed E-state index contributed by atoms with van der Waals surface area (Å²) >= 11 is 0. The van der Waals surface area contributed by atoms with Crippen molar-refractivity contribution in [2.24, 2.45) is 5.92 Å². The number of aromatic nitrogens is 4. The van der Waals surface area contributed by atoms with E-state index in [9.17, 15) is 14.0 Å². The lowest BCUT2D eigenvalue weighted by molar-refractivity contribution is -0.117. The van der Waals surface area contributed by atoms with Crippen LogP contribution in [0.3, 0.4) is 0 Å². The summed E-state index contributed by atoms with van der Waals surface area (Å²) in [6, 6.07) is 15.9. The van der Waals surface area contributed by atoms with Crippen LogP contribution in [0.15, 0.2) is 67.0 Å². The minimum Gasteiger partial charge on any atom is -0.347 e. The topological polar surface area (TPSA) is 93.3 Å². The maximum absolute atomic E-state index is 13.8. The maximum Gasteiger partial charge on any atom is 0.253 e. The Balaban J connectivity index is 1.32. The molecule has 5 aromatic rings. The molecule has 1 atom stereocenters. The Bertz CT molecular complexity index is 1730. The molecule has 0 spiro atoms. The number of anilines is 1. The second-order valence-corrected chi connectivity index (χ2v) is 10.5. The van der Waals surface area contributed by atoms with Crippen LogP contribution in [0.2, 0.25) is 0 Å². The number of rotatable bonds is 9. The quantitative estimate of drug-likeness (QED) is 0.236. The number of carbonyl (C=O) groups excluding carboxylic acids is 2. The molecule has 3 heterocycles. The monoisotopic (exact) mass is 538 g/mol. The van der Waals surface area contributed by atoms with E-state index < -0.39 is 0 Å². The average Bonchev–Trinajstić information content (AvgIpc) is 3.63. The van der Waals surface area contributed by atoms with Crippen molar-refractivity contribution < 1.29 is 14.0 Å². The summed E-state index contributed by atoms with van der Waals surface area (Å²) in [5, 5.41) is 11.0. The van der Waals surface area contributed by atoms with Crippen LogP contribution < -0.4 is 10.6 Å². The number of amides is 2. The minimum atomic E-state index is -0.356. The van der Waals surface area contributed by atoms with Crippen LogP contribution >= 0.6 is 0 Å². The van der Waals surface area contributed by atoms with Crippen LogP contribution in [-0.4, -0.2) is 31.0 Å². The molecule has 1 aliphatic carbocycles. The van der Waals surface area contributed by atoms with Gasteiger partial charge in [0.25, 0.3) is 5.91 Å². The van der Waals surface area contributed by atoms with Crippen molar-refractivity contribution in [2.75, 3.05) is 5.32 Å². The van der Waals surface area contributed by atoms with Crippen LogP contribution in [0, 0.1) is 11.7 Å². The standard InChI is InChI=1S/C31H31FN6O2/c1-3-4-13-37-18-26(30(40)33-19(2)21-6-5-7-24(32)15-21)25-16-22(10-11-27(25)37)23-12-14-38-28(17-23)34-31(36-38)35-29(39)20-8-9-20/h5-7,10-12,14-20H,3-4,8-9,13H2,1-2H3,(H,33,40)(H,35,36,39). The number of aryl methyl sites for hydroxylation is 1. The number of unbranched alkanes of at least 4 members (excludes halogenated alkanes) is 1. The molecule has 1 unspecified atom stereocenters. The molecule has 40 heavy (non-hydrogen) atoms. The van der Waals surface area contributed by atoms with Crippen molar-refractivity contribution in [3.63, 3.8) is 0 Å². The van der Waals surface area contributed by atoms with Crippen LogP contribution in [0.5, 0.6) is 0 Å². The van der Waals surface area contributed by atoms with Crippen molar-refractivity contribution in [2.45, 2.75) is 52.1 Å². The van der Waals surface area contributed by atoms with Gasteiger partial charge in [-0.3, -0.25) is 14.9 Å².